The summed E-state index contributed by atoms with van der Waals surface area (Å²) < 4.78 is 7.09. The van der Waals surface area contributed by atoms with Crippen LogP contribution in [-0.2, 0) is 11.8 Å². The molecule has 0 aliphatic heterocycles. The molecule has 0 bridgehead atoms. The third kappa shape index (κ3) is 3.62. The summed E-state index contributed by atoms with van der Waals surface area (Å²) in [6, 6.07) is 7.41. The lowest BCUT2D eigenvalue weighted by molar-refractivity contribution is 0.0827. The number of carbonyl (C=O) groups excluding carboxylic acids is 1. The fourth-order valence-electron chi connectivity index (χ4n) is 2.05. The quantitative estimate of drug-likeness (QED) is 0.923. The van der Waals surface area contributed by atoms with Gasteiger partial charge in [0.1, 0.15) is 0 Å². The highest BCUT2D eigenvalue weighted by atomic mass is 35.5. The molecule has 1 amide bonds. The normalized spacial score (nSPS) is 12.2. The third-order valence-corrected chi connectivity index (χ3v) is 3.67. The predicted octanol–water partition coefficient (Wildman–Crippen LogP) is 2.50. The van der Waals surface area contributed by atoms with E-state index in [0.717, 1.165) is 11.3 Å². The molecule has 1 atom stereocenters. The fourth-order valence-corrected chi connectivity index (χ4v) is 2.25. The average molecular weight is 308 g/mol. The van der Waals surface area contributed by atoms with Crippen molar-refractivity contribution in [2.45, 2.75) is 13.0 Å². The minimum absolute atomic E-state index is 0.162. The van der Waals surface area contributed by atoms with Gasteiger partial charge in [0.2, 0.25) is 0 Å². The first-order valence-electron chi connectivity index (χ1n) is 6.58. The number of hydrogen-bond donors (Lipinski definition) is 1. The summed E-state index contributed by atoms with van der Waals surface area (Å²) in [6.45, 7) is 2.22. The molecule has 5 nitrogen and oxygen atoms in total. The maximum atomic E-state index is 12.2. The molecule has 1 N–H and O–H groups in total. The van der Waals surface area contributed by atoms with Crippen molar-refractivity contribution >= 4 is 17.5 Å². The zero-order valence-electron chi connectivity index (χ0n) is 12.3. The van der Waals surface area contributed by atoms with Crippen LogP contribution in [0.5, 0.6) is 0 Å². The van der Waals surface area contributed by atoms with Crippen LogP contribution < -0.4 is 5.32 Å². The van der Waals surface area contributed by atoms with Gasteiger partial charge >= 0.3 is 0 Å². The second-order valence-corrected chi connectivity index (χ2v) is 5.19. The first kappa shape index (κ1) is 15.5. The Labute approximate surface area is 128 Å². The monoisotopic (exact) mass is 307 g/mol. The molecule has 6 heteroatoms. The van der Waals surface area contributed by atoms with Crippen LogP contribution in [0, 0.1) is 6.92 Å². The SMILES string of the molecule is CO[C@@H](CNC(=O)c1cnn(C)c1C)c1cccc(Cl)c1. The third-order valence-electron chi connectivity index (χ3n) is 3.43. The largest absolute Gasteiger partial charge is 0.375 e. The Hall–Kier alpha value is -1.85. The molecular weight excluding hydrogens is 290 g/mol. The zero-order chi connectivity index (χ0) is 15.4. The number of nitrogens with one attached hydrogen (secondary N) is 1. The van der Waals surface area contributed by atoms with E-state index in [4.69, 9.17) is 16.3 Å². The smallest absolute Gasteiger partial charge is 0.254 e. The molecule has 1 aromatic heterocycles. The molecule has 1 aromatic carbocycles. The maximum absolute atomic E-state index is 12.2. The Kier molecular flexibility index (Phi) is 4.98. The second kappa shape index (κ2) is 6.74. The number of aromatic nitrogens is 2. The lowest BCUT2D eigenvalue weighted by atomic mass is 10.1. The number of rotatable bonds is 5. The van der Waals surface area contributed by atoms with Crippen molar-refractivity contribution in [2.75, 3.05) is 13.7 Å². The van der Waals surface area contributed by atoms with E-state index >= 15 is 0 Å². The summed E-state index contributed by atoms with van der Waals surface area (Å²) >= 11 is 5.97. The molecule has 2 rings (SSSR count). The summed E-state index contributed by atoms with van der Waals surface area (Å²) in [4.78, 5) is 12.2. The number of halogens is 1. The van der Waals surface area contributed by atoms with E-state index in [9.17, 15) is 4.79 Å². The van der Waals surface area contributed by atoms with Gasteiger partial charge in [-0.05, 0) is 24.6 Å². The van der Waals surface area contributed by atoms with Gasteiger partial charge in [-0.2, -0.15) is 5.10 Å². The number of nitrogens with zero attached hydrogens (tertiary/aromatic N) is 2. The molecule has 0 aliphatic carbocycles. The lowest BCUT2D eigenvalue weighted by Gasteiger charge is -2.16. The van der Waals surface area contributed by atoms with Gasteiger partial charge in [0, 0.05) is 31.4 Å². The van der Waals surface area contributed by atoms with E-state index in [1.165, 1.54) is 0 Å². The van der Waals surface area contributed by atoms with Gasteiger partial charge in [-0.1, -0.05) is 23.7 Å². The van der Waals surface area contributed by atoms with Crippen LogP contribution in [0.4, 0.5) is 0 Å². The Morgan fingerprint density at radius 1 is 1.52 bits per heavy atom. The van der Waals surface area contributed by atoms with Gasteiger partial charge in [0.15, 0.2) is 0 Å². The molecule has 0 aliphatic rings. The van der Waals surface area contributed by atoms with Crippen LogP contribution in [0.15, 0.2) is 30.5 Å². The van der Waals surface area contributed by atoms with Crippen molar-refractivity contribution < 1.29 is 9.53 Å². The fraction of sp³-hybridized carbons (Fsp3) is 0.333. The minimum atomic E-state index is -0.246. The molecule has 112 valence electrons. The zero-order valence-corrected chi connectivity index (χ0v) is 13.0. The maximum Gasteiger partial charge on any atom is 0.254 e. The van der Waals surface area contributed by atoms with Crippen LogP contribution in [0.2, 0.25) is 5.02 Å². The number of methoxy groups -OCH3 is 1. The molecule has 21 heavy (non-hydrogen) atoms. The first-order valence-corrected chi connectivity index (χ1v) is 6.95. The highest BCUT2D eigenvalue weighted by Gasteiger charge is 2.16. The van der Waals surface area contributed by atoms with E-state index in [1.807, 2.05) is 25.1 Å². The molecule has 0 radical (unpaired) electrons. The number of aryl methyl sites for hydroxylation is 1. The van der Waals surface area contributed by atoms with Crippen molar-refractivity contribution in [3.63, 3.8) is 0 Å². The van der Waals surface area contributed by atoms with Gasteiger partial charge < -0.3 is 10.1 Å². The van der Waals surface area contributed by atoms with E-state index in [-0.39, 0.29) is 12.0 Å². The molecule has 2 aromatic rings. The van der Waals surface area contributed by atoms with Crippen LogP contribution in [0.1, 0.15) is 27.7 Å². The lowest BCUT2D eigenvalue weighted by Crippen LogP contribution is -2.29. The Morgan fingerprint density at radius 3 is 2.86 bits per heavy atom. The van der Waals surface area contributed by atoms with Gasteiger partial charge in [-0.15, -0.1) is 0 Å². The van der Waals surface area contributed by atoms with Crippen molar-refractivity contribution in [2.24, 2.45) is 7.05 Å². The van der Waals surface area contributed by atoms with Gasteiger partial charge in [0.05, 0.1) is 17.9 Å². The van der Waals surface area contributed by atoms with E-state index in [0.29, 0.717) is 17.1 Å². The molecule has 0 saturated carbocycles. The molecule has 0 spiro atoms. The summed E-state index contributed by atoms with van der Waals surface area (Å²) in [5.74, 6) is -0.162. The summed E-state index contributed by atoms with van der Waals surface area (Å²) in [5.41, 5.74) is 2.32. The van der Waals surface area contributed by atoms with Crippen molar-refractivity contribution in [1.29, 1.82) is 0 Å². The number of carbonyl (C=O) groups is 1. The van der Waals surface area contributed by atoms with Crippen molar-refractivity contribution in [3.8, 4) is 0 Å². The summed E-state index contributed by atoms with van der Waals surface area (Å²) in [7, 11) is 3.41. The average Bonchev–Trinajstić information content (AvgIpc) is 2.79. The van der Waals surface area contributed by atoms with Gasteiger partial charge in [0.25, 0.3) is 5.91 Å². The van der Waals surface area contributed by atoms with E-state index in [1.54, 1.807) is 31.1 Å². The van der Waals surface area contributed by atoms with Crippen LogP contribution >= 0.6 is 11.6 Å². The summed E-state index contributed by atoms with van der Waals surface area (Å²) in [6.07, 6.45) is 1.32. The Balaban J connectivity index is 2.03. The van der Waals surface area contributed by atoms with Crippen molar-refractivity contribution in [1.82, 2.24) is 15.1 Å². The molecule has 0 unspecified atom stereocenters. The molecule has 0 saturated heterocycles. The number of ether oxygens (including phenoxy) is 1. The Morgan fingerprint density at radius 2 is 2.29 bits per heavy atom. The standard InChI is InChI=1S/C15H18ClN3O2/c1-10-13(8-18-19(10)2)15(20)17-9-14(21-3)11-5-4-6-12(16)7-11/h4-8,14H,9H2,1-3H3,(H,17,20)/t14-/m0/s1. The number of amides is 1. The molecule has 1 heterocycles. The minimum Gasteiger partial charge on any atom is -0.375 e. The molecule has 0 fully saturated rings. The van der Waals surface area contributed by atoms with Gasteiger partial charge in [-0.3, -0.25) is 9.48 Å². The van der Waals surface area contributed by atoms with Gasteiger partial charge in [-0.25, -0.2) is 0 Å². The Bertz CT molecular complexity index is 640. The van der Waals surface area contributed by atoms with Crippen LogP contribution in [0.25, 0.3) is 0 Å². The van der Waals surface area contributed by atoms with E-state index < -0.39 is 0 Å². The second-order valence-electron chi connectivity index (χ2n) is 4.76. The summed E-state index contributed by atoms with van der Waals surface area (Å²) in [5, 5.41) is 7.57. The number of hydrogen-bond acceptors (Lipinski definition) is 3. The van der Waals surface area contributed by atoms with Crippen LogP contribution in [0.3, 0.4) is 0 Å². The van der Waals surface area contributed by atoms with E-state index in [2.05, 4.69) is 10.4 Å². The first-order chi connectivity index (χ1) is 10.0. The van der Waals surface area contributed by atoms with Crippen molar-refractivity contribution in [3.05, 3.63) is 52.3 Å². The van der Waals surface area contributed by atoms with Crippen LogP contribution in [-0.4, -0.2) is 29.3 Å². The molecular formula is C15H18ClN3O2. The predicted molar refractivity (Wildman–Crippen MR) is 81.5 cm³/mol. The highest BCUT2D eigenvalue weighted by molar-refractivity contribution is 6.30. The highest BCUT2D eigenvalue weighted by Crippen LogP contribution is 2.20. The topological polar surface area (TPSA) is 56.1 Å². The number of benzene rings is 1.